The Labute approximate surface area is 168 Å². The first kappa shape index (κ1) is 28.1. The van der Waals surface area contributed by atoms with E-state index in [-0.39, 0.29) is 30.3 Å². The van der Waals surface area contributed by atoms with Crippen LogP contribution in [0.2, 0.25) is 0 Å². The van der Waals surface area contributed by atoms with Gasteiger partial charge in [0.15, 0.2) is 0 Å². The molecule has 0 aromatic carbocycles. The molecule has 22 heavy (non-hydrogen) atoms. The summed E-state index contributed by atoms with van der Waals surface area (Å²) in [5.41, 5.74) is 0. The fraction of sp³-hybridized carbons (Fsp3) is 0.941. The standard InChI is InChI=1S/C12H27P.C5H11NS2.Au/c1-10(2,3)13(11(4,5)6)12(7,8)9;1-3-6(4-2)5(7)8;/h1-9H3;3-4H2,1-2H3,(H,7,8);/q;;+1/p-1. The van der Waals surface area contributed by atoms with E-state index in [4.69, 9.17) is 24.8 Å². The minimum absolute atomic E-state index is 0. The maximum Gasteiger partial charge on any atom is 1.00 e. The van der Waals surface area contributed by atoms with Gasteiger partial charge in [-0.15, -0.1) is 0 Å². The maximum absolute atomic E-state index is 4.76. The van der Waals surface area contributed by atoms with Crippen LogP contribution in [-0.2, 0) is 35.0 Å². The molecular formula is C17H37AuNPS2. The topological polar surface area (TPSA) is 3.24 Å². The summed E-state index contributed by atoms with van der Waals surface area (Å²) in [7, 11) is 0.0162. The van der Waals surface area contributed by atoms with Gasteiger partial charge >= 0.3 is 22.4 Å². The van der Waals surface area contributed by atoms with E-state index in [1.807, 2.05) is 18.7 Å². The molecule has 0 heterocycles. The van der Waals surface area contributed by atoms with Gasteiger partial charge in [-0.2, -0.15) is 0 Å². The summed E-state index contributed by atoms with van der Waals surface area (Å²) in [5, 5.41) is 1.35. The molecule has 0 amide bonds. The first-order valence-corrected chi connectivity index (χ1v) is 10.0. The molecule has 0 aliphatic rings. The molecule has 0 fully saturated rings. The smallest absolute Gasteiger partial charge is 0.411 e. The minimum Gasteiger partial charge on any atom is -0.411 e. The molecule has 0 aromatic rings. The molecule has 0 atom stereocenters. The van der Waals surface area contributed by atoms with Gasteiger partial charge in [0.2, 0.25) is 0 Å². The summed E-state index contributed by atoms with van der Waals surface area (Å²) in [6, 6.07) is 0. The normalized spacial score (nSPS) is 12.2. The third kappa shape index (κ3) is 11.8. The maximum atomic E-state index is 4.76. The Morgan fingerprint density at radius 2 is 1.05 bits per heavy atom. The van der Waals surface area contributed by atoms with Gasteiger partial charge in [0.05, 0.1) is 0 Å². The van der Waals surface area contributed by atoms with Gasteiger partial charge in [0.1, 0.15) is 0 Å². The second-order valence-electron chi connectivity index (χ2n) is 8.29. The predicted molar refractivity (Wildman–Crippen MR) is 109 cm³/mol. The van der Waals surface area contributed by atoms with E-state index in [0.29, 0.717) is 19.8 Å². The van der Waals surface area contributed by atoms with Crippen molar-refractivity contribution in [3.63, 3.8) is 0 Å². The molecular weight excluding hydrogens is 510 g/mol. The van der Waals surface area contributed by atoms with Crippen molar-refractivity contribution in [2.45, 2.75) is 91.6 Å². The van der Waals surface area contributed by atoms with Crippen molar-refractivity contribution in [2.75, 3.05) is 13.1 Å². The van der Waals surface area contributed by atoms with Gasteiger partial charge in [-0.1, -0.05) is 74.6 Å². The van der Waals surface area contributed by atoms with Crippen molar-refractivity contribution < 1.29 is 22.4 Å². The second kappa shape index (κ2) is 11.0. The van der Waals surface area contributed by atoms with E-state index in [1.54, 1.807) is 0 Å². The van der Waals surface area contributed by atoms with E-state index < -0.39 is 0 Å². The molecule has 0 N–H and O–H groups in total. The second-order valence-corrected chi connectivity index (χ2v) is 14.0. The molecule has 1 nitrogen and oxygen atoms in total. The Balaban J connectivity index is -0.000000348. The summed E-state index contributed by atoms with van der Waals surface area (Å²) >= 11 is 9.51. The molecule has 0 saturated heterocycles. The van der Waals surface area contributed by atoms with Crippen LogP contribution >= 0.6 is 20.1 Å². The van der Waals surface area contributed by atoms with Gasteiger partial charge in [0, 0.05) is 13.1 Å². The van der Waals surface area contributed by atoms with Crippen LogP contribution in [0.3, 0.4) is 0 Å². The molecule has 0 aliphatic carbocycles. The summed E-state index contributed by atoms with van der Waals surface area (Å²) in [5.74, 6) is 0. The van der Waals surface area contributed by atoms with Crippen molar-refractivity contribution in [3.05, 3.63) is 0 Å². The number of thiocarbonyl (C=S) groups is 1. The number of rotatable bonds is 2. The fourth-order valence-corrected chi connectivity index (χ4v) is 10.1. The molecule has 0 saturated carbocycles. The number of hydrogen-bond donors (Lipinski definition) is 0. The van der Waals surface area contributed by atoms with E-state index in [9.17, 15) is 0 Å². The third-order valence-corrected chi connectivity index (χ3v) is 7.58. The van der Waals surface area contributed by atoms with Crippen molar-refractivity contribution in [3.8, 4) is 0 Å². The van der Waals surface area contributed by atoms with Crippen molar-refractivity contribution in [1.29, 1.82) is 0 Å². The Hall–Kier alpha value is 1.28. The number of nitrogens with zero attached hydrogens (tertiary/aromatic N) is 1. The average molecular weight is 548 g/mol. The minimum atomic E-state index is 0. The summed E-state index contributed by atoms with van der Waals surface area (Å²) < 4.78 is 0.579. The Bertz CT molecular complexity index is 277. The van der Waals surface area contributed by atoms with E-state index in [2.05, 4.69) is 62.3 Å². The molecule has 138 valence electrons. The first-order chi connectivity index (χ1) is 9.08. The number of hydrogen-bond acceptors (Lipinski definition) is 2. The third-order valence-electron chi connectivity index (χ3n) is 3.03. The van der Waals surface area contributed by atoms with Gasteiger partial charge < -0.3 is 29.7 Å². The zero-order valence-corrected chi connectivity index (χ0v) is 21.1. The molecule has 0 rings (SSSR count). The monoisotopic (exact) mass is 547 g/mol. The zero-order chi connectivity index (χ0) is 17.6. The van der Waals surface area contributed by atoms with Crippen LogP contribution in [0.1, 0.15) is 76.2 Å². The summed E-state index contributed by atoms with van der Waals surface area (Å²) in [4.78, 5) is 1.96. The van der Waals surface area contributed by atoms with Crippen LogP contribution in [0.25, 0.3) is 0 Å². The van der Waals surface area contributed by atoms with Gasteiger partial charge in [0.25, 0.3) is 0 Å². The van der Waals surface area contributed by atoms with E-state index in [0.717, 1.165) is 13.1 Å². The summed E-state index contributed by atoms with van der Waals surface area (Å²) in [6.07, 6.45) is 0. The largest absolute Gasteiger partial charge is 1.00 e. The molecule has 0 radical (unpaired) electrons. The molecule has 0 spiro atoms. The van der Waals surface area contributed by atoms with Crippen LogP contribution in [0.4, 0.5) is 0 Å². The van der Waals surface area contributed by atoms with E-state index >= 15 is 0 Å². The average Bonchev–Trinajstić information content (AvgIpc) is 2.11. The first-order valence-electron chi connectivity index (χ1n) is 7.85. The van der Waals surface area contributed by atoms with Crippen LogP contribution < -0.4 is 0 Å². The van der Waals surface area contributed by atoms with Gasteiger partial charge in [-0.25, -0.2) is 0 Å². The predicted octanol–water partition coefficient (Wildman–Crippen LogP) is 6.02. The Morgan fingerprint density at radius 1 is 0.818 bits per heavy atom. The molecule has 5 heteroatoms. The van der Waals surface area contributed by atoms with E-state index in [1.165, 1.54) is 0 Å². The zero-order valence-electron chi connectivity index (χ0n) is 16.4. The molecule has 0 unspecified atom stereocenters. The Morgan fingerprint density at radius 3 is 1.05 bits per heavy atom. The van der Waals surface area contributed by atoms with Crippen LogP contribution in [0.15, 0.2) is 0 Å². The van der Waals surface area contributed by atoms with Crippen LogP contribution in [-0.4, -0.2) is 37.8 Å². The SMILES string of the molecule is CC(C)(C)P(C(C)(C)C)C(C)(C)C.CCN(CC)C(=S)[S-].[Au+]. The van der Waals surface area contributed by atoms with Crippen molar-refractivity contribution >= 4 is 37.1 Å². The summed E-state index contributed by atoms with van der Waals surface area (Å²) in [6.45, 7) is 27.4. The Kier molecular flexibility index (Phi) is 14.1. The van der Waals surface area contributed by atoms with Crippen LogP contribution in [0.5, 0.6) is 0 Å². The van der Waals surface area contributed by atoms with Crippen molar-refractivity contribution in [2.24, 2.45) is 0 Å². The molecule has 0 aromatic heterocycles. The quantitative estimate of drug-likeness (QED) is 0.180. The molecule has 0 bridgehead atoms. The fourth-order valence-electron chi connectivity index (χ4n) is 3.50. The van der Waals surface area contributed by atoms with Gasteiger partial charge in [-0.3, -0.25) is 0 Å². The molecule has 0 aliphatic heterocycles. The van der Waals surface area contributed by atoms with Crippen molar-refractivity contribution in [1.82, 2.24) is 4.90 Å². The van der Waals surface area contributed by atoms with Crippen LogP contribution in [0, 0.1) is 0 Å². The van der Waals surface area contributed by atoms with Gasteiger partial charge in [-0.05, 0) is 29.3 Å².